The molecule has 0 saturated carbocycles. The van der Waals surface area contributed by atoms with Crippen LogP contribution < -0.4 is 5.32 Å². The van der Waals surface area contributed by atoms with Crippen molar-refractivity contribution in [2.75, 3.05) is 0 Å². The maximum absolute atomic E-state index is 11.5. The molecule has 1 heterocycles. The molecule has 0 spiro atoms. The second-order valence-electron chi connectivity index (χ2n) is 3.95. The van der Waals surface area contributed by atoms with Gasteiger partial charge in [0.15, 0.2) is 0 Å². The molecular formula is C11H15NO. The average Bonchev–Trinajstić information content (AvgIpc) is 2.28. The second kappa shape index (κ2) is 3.36. The highest BCUT2D eigenvalue weighted by Gasteiger charge is 2.25. The Bertz CT molecular complexity index is 278. The SMILES string of the molecule is CC1CCC2CC=CC=C2NC1=O. The first-order valence-electron chi connectivity index (χ1n) is 4.95. The van der Waals surface area contributed by atoms with Crippen molar-refractivity contribution in [1.29, 1.82) is 0 Å². The predicted octanol–water partition coefficient (Wildman–Crippen LogP) is 1.99. The third-order valence-corrected chi connectivity index (χ3v) is 2.94. The molecule has 2 rings (SSSR count). The smallest absolute Gasteiger partial charge is 0.226 e. The van der Waals surface area contributed by atoms with E-state index in [-0.39, 0.29) is 11.8 Å². The number of fused-ring (bicyclic) bond motifs is 1. The summed E-state index contributed by atoms with van der Waals surface area (Å²) in [5, 5.41) is 3.00. The summed E-state index contributed by atoms with van der Waals surface area (Å²) in [6.07, 6.45) is 9.47. The van der Waals surface area contributed by atoms with Gasteiger partial charge in [0.1, 0.15) is 0 Å². The molecule has 2 unspecified atom stereocenters. The van der Waals surface area contributed by atoms with Crippen LogP contribution in [-0.4, -0.2) is 5.91 Å². The summed E-state index contributed by atoms with van der Waals surface area (Å²) in [4.78, 5) is 11.5. The summed E-state index contributed by atoms with van der Waals surface area (Å²) >= 11 is 0. The Labute approximate surface area is 78.7 Å². The van der Waals surface area contributed by atoms with Crippen molar-refractivity contribution in [3.8, 4) is 0 Å². The first-order chi connectivity index (χ1) is 6.27. The number of carbonyl (C=O) groups is 1. The van der Waals surface area contributed by atoms with Gasteiger partial charge in [-0.15, -0.1) is 0 Å². The Morgan fingerprint density at radius 2 is 2.31 bits per heavy atom. The number of rotatable bonds is 0. The van der Waals surface area contributed by atoms with Crippen molar-refractivity contribution >= 4 is 5.91 Å². The zero-order valence-corrected chi connectivity index (χ0v) is 7.92. The molecule has 1 aliphatic carbocycles. The number of hydrogen-bond acceptors (Lipinski definition) is 1. The van der Waals surface area contributed by atoms with Crippen molar-refractivity contribution in [3.63, 3.8) is 0 Å². The Hall–Kier alpha value is -1.05. The van der Waals surface area contributed by atoms with Crippen molar-refractivity contribution in [1.82, 2.24) is 5.32 Å². The van der Waals surface area contributed by atoms with Crippen LogP contribution in [0.1, 0.15) is 26.2 Å². The Morgan fingerprint density at radius 1 is 1.46 bits per heavy atom. The van der Waals surface area contributed by atoms with Gasteiger partial charge in [-0.1, -0.05) is 19.1 Å². The van der Waals surface area contributed by atoms with Crippen molar-refractivity contribution < 1.29 is 4.79 Å². The Morgan fingerprint density at radius 3 is 3.15 bits per heavy atom. The molecule has 1 amide bonds. The van der Waals surface area contributed by atoms with Gasteiger partial charge in [0.05, 0.1) is 0 Å². The molecule has 1 fully saturated rings. The van der Waals surface area contributed by atoms with Crippen LogP contribution in [0.5, 0.6) is 0 Å². The fourth-order valence-electron chi connectivity index (χ4n) is 1.94. The van der Waals surface area contributed by atoms with E-state index in [1.807, 2.05) is 19.1 Å². The van der Waals surface area contributed by atoms with Gasteiger partial charge in [0.25, 0.3) is 0 Å². The minimum atomic E-state index is 0.173. The lowest BCUT2D eigenvalue weighted by Gasteiger charge is -2.18. The quantitative estimate of drug-likeness (QED) is 0.602. The van der Waals surface area contributed by atoms with Crippen LogP contribution in [0.3, 0.4) is 0 Å². The lowest BCUT2D eigenvalue weighted by Crippen LogP contribution is -2.28. The summed E-state index contributed by atoms with van der Waals surface area (Å²) in [7, 11) is 0. The fourth-order valence-corrected chi connectivity index (χ4v) is 1.94. The van der Waals surface area contributed by atoms with E-state index in [0.29, 0.717) is 5.92 Å². The molecular weight excluding hydrogens is 162 g/mol. The first kappa shape index (κ1) is 8.54. The molecule has 1 N–H and O–H groups in total. The molecule has 0 aromatic carbocycles. The van der Waals surface area contributed by atoms with Gasteiger partial charge < -0.3 is 5.32 Å². The van der Waals surface area contributed by atoms with Crippen LogP contribution in [0, 0.1) is 11.8 Å². The predicted molar refractivity (Wildman–Crippen MR) is 51.9 cm³/mol. The topological polar surface area (TPSA) is 29.1 Å². The van der Waals surface area contributed by atoms with Gasteiger partial charge in [-0.25, -0.2) is 0 Å². The molecule has 2 nitrogen and oxygen atoms in total. The third-order valence-electron chi connectivity index (χ3n) is 2.94. The monoisotopic (exact) mass is 177 g/mol. The fraction of sp³-hybridized carbons (Fsp3) is 0.545. The summed E-state index contributed by atoms with van der Waals surface area (Å²) < 4.78 is 0. The van der Waals surface area contributed by atoms with E-state index in [4.69, 9.17) is 0 Å². The Kier molecular flexibility index (Phi) is 2.21. The van der Waals surface area contributed by atoms with E-state index in [1.54, 1.807) is 0 Å². The first-order valence-corrected chi connectivity index (χ1v) is 4.95. The van der Waals surface area contributed by atoms with Crippen LogP contribution in [0.15, 0.2) is 23.9 Å². The third kappa shape index (κ3) is 1.67. The van der Waals surface area contributed by atoms with E-state index in [9.17, 15) is 4.79 Å². The number of nitrogens with one attached hydrogen (secondary N) is 1. The highest BCUT2D eigenvalue weighted by atomic mass is 16.1. The molecule has 1 aliphatic heterocycles. The standard InChI is InChI=1S/C11H15NO/c1-8-6-7-9-4-2-3-5-10(9)12-11(8)13/h2-3,5,8-9H,4,6-7H2,1H3,(H,12,13). The number of hydrogen-bond donors (Lipinski definition) is 1. The maximum atomic E-state index is 11.5. The minimum absolute atomic E-state index is 0.173. The largest absolute Gasteiger partial charge is 0.329 e. The van der Waals surface area contributed by atoms with Gasteiger partial charge >= 0.3 is 0 Å². The molecule has 70 valence electrons. The zero-order valence-electron chi connectivity index (χ0n) is 7.92. The summed E-state index contributed by atoms with van der Waals surface area (Å²) in [6.45, 7) is 2.00. The molecule has 0 aromatic rings. The van der Waals surface area contributed by atoms with E-state index >= 15 is 0 Å². The lowest BCUT2D eigenvalue weighted by atomic mass is 9.91. The molecule has 0 aromatic heterocycles. The van der Waals surface area contributed by atoms with Crippen LogP contribution in [0.2, 0.25) is 0 Å². The normalized spacial score (nSPS) is 33.0. The lowest BCUT2D eigenvalue weighted by molar-refractivity contribution is -0.123. The number of carbonyl (C=O) groups excluding carboxylic acids is 1. The minimum Gasteiger partial charge on any atom is -0.329 e. The highest BCUT2D eigenvalue weighted by molar-refractivity contribution is 5.80. The van der Waals surface area contributed by atoms with Crippen molar-refractivity contribution in [2.45, 2.75) is 26.2 Å². The van der Waals surface area contributed by atoms with E-state index in [0.717, 1.165) is 25.0 Å². The van der Waals surface area contributed by atoms with Crippen molar-refractivity contribution in [2.24, 2.45) is 11.8 Å². The molecule has 2 heteroatoms. The molecule has 1 saturated heterocycles. The average molecular weight is 177 g/mol. The van der Waals surface area contributed by atoms with Crippen molar-refractivity contribution in [3.05, 3.63) is 23.9 Å². The number of allylic oxidation sites excluding steroid dienone is 4. The Balaban J connectivity index is 2.19. The molecule has 0 radical (unpaired) electrons. The van der Waals surface area contributed by atoms with Crippen LogP contribution in [-0.2, 0) is 4.79 Å². The second-order valence-corrected chi connectivity index (χ2v) is 3.95. The van der Waals surface area contributed by atoms with E-state index in [1.165, 1.54) is 0 Å². The van der Waals surface area contributed by atoms with Gasteiger partial charge in [-0.05, 0) is 25.3 Å². The highest BCUT2D eigenvalue weighted by Crippen LogP contribution is 2.28. The summed E-state index contributed by atoms with van der Waals surface area (Å²) in [5.41, 5.74) is 1.12. The number of amides is 1. The molecule has 13 heavy (non-hydrogen) atoms. The van der Waals surface area contributed by atoms with Crippen LogP contribution in [0.4, 0.5) is 0 Å². The summed E-state index contributed by atoms with van der Waals surface area (Å²) in [6, 6.07) is 0. The van der Waals surface area contributed by atoms with E-state index < -0.39 is 0 Å². The van der Waals surface area contributed by atoms with Gasteiger partial charge in [-0.2, -0.15) is 0 Å². The summed E-state index contributed by atoms with van der Waals surface area (Å²) in [5.74, 6) is 0.912. The maximum Gasteiger partial charge on any atom is 0.226 e. The van der Waals surface area contributed by atoms with Crippen LogP contribution in [0.25, 0.3) is 0 Å². The zero-order chi connectivity index (χ0) is 9.26. The van der Waals surface area contributed by atoms with Crippen LogP contribution >= 0.6 is 0 Å². The molecule has 2 atom stereocenters. The van der Waals surface area contributed by atoms with Gasteiger partial charge in [0, 0.05) is 17.5 Å². The van der Waals surface area contributed by atoms with Gasteiger partial charge in [0.2, 0.25) is 5.91 Å². The molecule has 0 bridgehead atoms. The van der Waals surface area contributed by atoms with E-state index in [2.05, 4.69) is 11.4 Å². The molecule has 2 aliphatic rings. The van der Waals surface area contributed by atoms with Gasteiger partial charge in [-0.3, -0.25) is 4.79 Å².